The van der Waals surface area contributed by atoms with Crippen LogP contribution < -0.4 is 11.3 Å². The third kappa shape index (κ3) is 2.17. The molecular formula is C11H14FN5O4. The summed E-state index contributed by atoms with van der Waals surface area (Å²) < 4.78 is 25.8. The Labute approximate surface area is 117 Å². The van der Waals surface area contributed by atoms with Crippen molar-refractivity contribution in [2.24, 2.45) is 0 Å². The maximum Gasteiger partial charge on any atom is 0.280 e. The van der Waals surface area contributed by atoms with Gasteiger partial charge in [-0.15, -0.1) is 0 Å². The molecule has 0 amide bonds. The van der Waals surface area contributed by atoms with E-state index >= 15 is 0 Å². The van der Waals surface area contributed by atoms with Crippen molar-refractivity contribution in [3.05, 3.63) is 16.7 Å². The molecule has 3 heterocycles. The smallest absolute Gasteiger partial charge is 0.280 e. The quantitative estimate of drug-likeness (QED) is 0.659. The van der Waals surface area contributed by atoms with E-state index in [1.807, 2.05) is 0 Å². The van der Waals surface area contributed by atoms with Crippen LogP contribution in [0.1, 0.15) is 6.23 Å². The van der Waals surface area contributed by atoms with Crippen molar-refractivity contribution in [2.45, 2.75) is 24.6 Å². The first kappa shape index (κ1) is 13.9. The van der Waals surface area contributed by atoms with Gasteiger partial charge in [0, 0.05) is 7.11 Å². The Morgan fingerprint density at radius 3 is 3.14 bits per heavy atom. The number of aromatic amines is 1. The van der Waals surface area contributed by atoms with Crippen molar-refractivity contribution < 1.29 is 19.0 Å². The number of methoxy groups -OCH3 is 1. The first-order chi connectivity index (χ1) is 10.0. The molecule has 0 saturated carbocycles. The van der Waals surface area contributed by atoms with E-state index < -0.39 is 30.2 Å². The van der Waals surface area contributed by atoms with Crippen molar-refractivity contribution in [2.75, 3.05) is 19.5 Å². The Kier molecular flexibility index (Phi) is 3.35. The van der Waals surface area contributed by atoms with E-state index in [0.717, 1.165) is 0 Å². The molecule has 114 valence electrons. The largest absolute Gasteiger partial charge is 0.387 e. The molecule has 21 heavy (non-hydrogen) atoms. The lowest BCUT2D eigenvalue weighted by Gasteiger charge is -2.15. The molecule has 9 nitrogen and oxygen atoms in total. The fourth-order valence-corrected chi connectivity index (χ4v) is 2.36. The van der Waals surface area contributed by atoms with Crippen molar-refractivity contribution in [1.82, 2.24) is 19.5 Å². The molecule has 0 radical (unpaired) electrons. The van der Waals surface area contributed by atoms with Crippen LogP contribution in [0.15, 0.2) is 11.1 Å². The highest BCUT2D eigenvalue weighted by molar-refractivity contribution is 5.70. The van der Waals surface area contributed by atoms with Gasteiger partial charge in [-0.05, 0) is 0 Å². The number of imidazole rings is 1. The average Bonchev–Trinajstić information content (AvgIpc) is 2.96. The molecule has 1 saturated heterocycles. The van der Waals surface area contributed by atoms with Gasteiger partial charge in [0.05, 0.1) is 12.9 Å². The lowest BCUT2D eigenvalue weighted by Crippen LogP contribution is -2.31. The van der Waals surface area contributed by atoms with E-state index in [1.165, 1.54) is 18.0 Å². The van der Waals surface area contributed by atoms with E-state index in [0.29, 0.717) is 0 Å². The lowest BCUT2D eigenvalue weighted by molar-refractivity contribution is -0.0543. The van der Waals surface area contributed by atoms with E-state index in [1.54, 1.807) is 0 Å². The van der Waals surface area contributed by atoms with Crippen molar-refractivity contribution >= 4 is 17.1 Å². The number of nitrogens with zero attached hydrogens (tertiary/aromatic N) is 3. The minimum absolute atomic E-state index is 0.0182. The standard InChI is InChI=1S/C11H14FN5O4/c1-20-2-4-7(18)5(12)10(21-4)17-3-14-6-8(17)15-11(13)16-9(6)19/h3-5,7,10,18H,2H2,1H3,(H3,13,15,16,19)/t4-,5-,7-,10-/m1/s1. The highest BCUT2D eigenvalue weighted by Crippen LogP contribution is 2.33. The Balaban J connectivity index is 2.03. The topological polar surface area (TPSA) is 128 Å². The molecule has 2 aromatic rings. The van der Waals surface area contributed by atoms with Crippen LogP contribution in [0.2, 0.25) is 0 Å². The number of hydrogen-bond acceptors (Lipinski definition) is 7. The van der Waals surface area contributed by atoms with Crippen LogP contribution in [0.5, 0.6) is 0 Å². The van der Waals surface area contributed by atoms with Gasteiger partial charge in [0.1, 0.15) is 12.2 Å². The predicted molar refractivity (Wildman–Crippen MR) is 69.2 cm³/mol. The van der Waals surface area contributed by atoms with Gasteiger partial charge in [0.25, 0.3) is 5.56 Å². The van der Waals surface area contributed by atoms with Crippen molar-refractivity contribution in [3.8, 4) is 0 Å². The second-order valence-corrected chi connectivity index (χ2v) is 4.73. The van der Waals surface area contributed by atoms with Crippen LogP contribution in [0, 0.1) is 0 Å². The van der Waals surface area contributed by atoms with Crippen LogP contribution in [0.4, 0.5) is 10.3 Å². The highest BCUT2D eigenvalue weighted by Gasteiger charge is 2.45. The van der Waals surface area contributed by atoms with E-state index in [4.69, 9.17) is 15.2 Å². The number of H-pyrrole nitrogens is 1. The Morgan fingerprint density at radius 1 is 1.67 bits per heavy atom. The first-order valence-electron chi connectivity index (χ1n) is 6.21. The van der Waals surface area contributed by atoms with Crippen molar-refractivity contribution in [3.63, 3.8) is 0 Å². The van der Waals surface area contributed by atoms with Crippen LogP contribution in [0.25, 0.3) is 11.2 Å². The molecule has 0 spiro atoms. The van der Waals surface area contributed by atoms with E-state index in [9.17, 15) is 14.3 Å². The Morgan fingerprint density at radius 2 is 2.43 bits per heavy atom. The summed E-state index contributed by atoms with van der Waals surface area (Å²) in [5.41, 5.74) is 5.06. The van der Waals surface area contributed by atoms with Gasteiger partial charge in [0.2, 0.25) is 5.95 Å². The SMILES string of the molecule is COC[C@H]1O[C@@H](n2cnc3c(=O)[nH]c(N)nc32)[C@H](F)[C@@H]1O. The van der Waals surface area contributed by atoms with Gasteiger partial charge in [0.15, 0.2) is 23.6 Å². The highest BCUT2D eigenvalue weighted by atomic mass is 19.1. The van der Waals surface area contributed by atoms with Crippen molar-refractivity contribution in [1.29, 1.82) is 0 Å². The average molecular weight is 299 g/mol. The fraction of sp³-hybridized carbons (Fsp3) is 0.545. The predicted octanol–water partition coefficient (Wildman–Crippen LogP) is -1.06. The normalized spacial score (nSPS) is 29.3. The number of nitrogen functional groups attached to an aromatic ring is 1. The number of aromatic nitrogens is 4. The maximum absolute atomic E-state index is 14.2. The zero-order chi connectivity index (χ0) is 15.1. The molecule has 0 aliphatic carbocycles. The number of ether oxygens (including phenoxy) is 2. The van der Waals surface area contributed by atoms with Gasteiger partial charge in [-0.1, -0.05) is 0 Å². The number of aliphatic hydroxyl groups is 1. The monoisotopic (exact) mass is 299 g/mol. The first-order valence-corrected chi connectivity index (χ1v) is 6.21. The molecule has 2 aromatic heterocycles. The minimum Gasteiger partial charge on any atom is -0.387 e. The van der Waals surface area contributed by atoms with Gasteiger partial charge in [-0.25, -0.2) is 9.37 Å². The fourth-order valence-electron chi connectivity index (χ4n) is 2.36. The summed E-state index contributed by atoms with van der Waals surface area (Å²) in [6.07, 6.45) is -3.78. The molecular weight excluding hydrogens is 285 g/mol. The molecule has 0 bridgehead atoms. The third-order valence-electron chi connectivity index (χ3n) is 3.35. The minimum atomic E-state index is -1.70. The number of alkyl halides is 1. The number of aliphatic hydroxyl groups excluding tert-OH is 1. The number of nitrogens with one attached hydrogen (secondary N) is 1. The Bertz CT molecular complexity index is 716. The summed E-state index contributed by atoms with van der Waals surface area (Å²) in [6, 6.07) is 0. The molecule has 10 heteroatoms. The molecule has 1 aliphatic rings. The summed E-state index contributed by atoms with van der Waals surface area (Å²) in [4.78, 5) is 21.8. The number of halogens is 1. The summed E-state index contributed by atoms with van der Waals surface area (Å²) in [7, 11) is 1.42. The third-order valence-corrected chi connectivity index (χ3v) is 3.35. The number of nitrogens with two attached hydrogens (primary N) is 1. The number of hydrogen-bond donors (Lipinski definition) is 3. The van der Waals surface area contributed by atoms with Crippen LogP contribution in [-0.4, -0.2) is 56.7 Å². The van der Waals surface area contributed by atoms with Crippen LogP contribution in [-0.2, 0) is 9.47 Å². The van der Waals surface area contributed by atoms with E-state index in [-0.39, 0.29) is 23.7 Å². The molecule has 0 unspecified atom stereocenters. The maximum atomic E-state index is 14.2. The molecule has 0 aromatic carbocycles. The molecule has 1 fully saturated rings. The summed E-state index contributed by atoms with van der Waals surface area (Å²) >= 11 is 0. The number of anilines is 1. The second kappa shape index (κ2) is 5.06. The zero-order valence-corrected chi connectivity index (χ0v) is 11.1. The van der Waals surface area contributed by atoms with Gasteiger partial charge < -0.3 is 20.3 Å². The second-order valence-electron chi connectivity index (χ2n) is 4.73. The van der Waals surface area contributed by atoms with Crippen LogP contribution >= 0.6 is 0 Å². The zero-order valence-electron chi connectivity index (χ0n) is 11.1. The summed E-state index contributed by atoms with van der Waals surface area (Å²) in [5.74, 6) is -0.114. The van der Waals surface area contributed by atoms with Crippen LogP contribution in [0.3, 0.4) is 0 Å². The van der Waals surface area contributed by atoms with Gasteiger partial charge in [-0.3, -0.25) is 14.3 Å². The summed E-state index contributed by atoms with van der Waals surface area (Å²) in [5, 5.41) is 9.81. The van der Waals surface area contributed by atoms with E-state index in [2.05, 4.69) is 15.0 Å². The Hall–Kier alpha value is -2.04. The molecule has 4 N–H and O–H groups in total. The number of rotatable bonds is 3. The molecule has 4 atom stereocenters. The summed E-state index contributed by atoms with van der Waals surface area (Å²) in [6.45, 7) is 0.0425. The van der Waals surface area contributed by atoms with Gasteiger partial charge in [-0.2, -0.15) is 4.98 Å². The lowest BCUT2D eigenvalue weighted by atomic mass is 10.1. The van der Waals surface area contributed by atoms with Gasteiger partial charge >= 0.3 is 0 Å². The molecule has 3 rings (SSSR count). The number of fused-ring (bicyclic) bond motifs is 1. The molecule has 1 aliphatic heterocycles.